The SMILES string of the molecule is CSc1cc(C)cc2c1-c1ccccc1Oc1ccccc1-2. The van der Waals surface area contributed by atoms with Crippen LogP contribution in [0.5, 0.6) is 11.5 Å². The fourth-order valence-electron chi connectivity index (χ4n) is 3.06. The Hall–Kier alpha value is -2.19. The Balaban J connectivity index is 2.17. The second kappa shape index (κ2) is 5.22. The van der Waals surface area contributed by atoms with E-state index in [9.17, 15) is 0 Å². The van der Waals surface area contributed by atoms with Crippen molar-refractivity contribution in [2.75, 3.05) is 6.26 Å². The average Bonchev–Trinajstić information content (AvgIpc) is 2.68. The van der Waals surface area contributed by atoms with E-state index in [0.717, 1.165) is 22.6 Å². The van der Waals surface area contributed by atoms with Gasteiger partial charge in [-0.2, -0.15) is 0 Å². The third-order valence-corrected chi connectivity index (χ3v) is 4.78. The van der Waals surface area contributed by atoms with Crippen LogP contribution in [0, 0.1) is 6.92 Å². The van der Waals surface area contributed by atoms with Crippen molar-refractivity contribution in [3.05, 3.63) is 66.2 Å². The predicted molar refractivity (Wildman–Crippen MR) is 93.9 cm³/mol. The molecule has 0 aliphatic carbocycles. The number of hydrogen-bond acceptors (Lipinski definition) is 2. The molecular formula is C20H16OS. The van der Waals surface area contributed by atoms with Gasteiger partial charge in [-0.1, -0.05) is 42.5 Å². The molecule has 0 fully saturated rings. The van der Waals surface area contributed by atoms with Crippen molar-refractivity contribution < 1.29 is 4.74 Å². The zero-order valence-electron chi connectivity index (χ0n) is 12.6. The molecule has 0 spiro atoms. The summed E-state index contributed by atoms with van der Waals surface area (Å²) < 4.78 is 6.22. The summed E-state index contributed by atoms with van der Waals surface area (Å²) in [5, 5.41) is 0. The fourth-order valence-corrected chi connectivity index (χ4v) is 3.79. The minimum Gasteiger partial charge on any atom is -0.456 e. The molecule has 0 saturated carbocycles. The summed E-state index contributed by atoms with van der Waals surface area (Å²) >= 11 is 1.79. The lowest BCUT2D eigenvalue weighted by Gasteiger charge is -2.14. The van der Waals surface area contributed by atoms with E-state index in [2.05, 4.69) is 49.6 Å². The molecule has 3 aromatic rings. The molecule has 0 unspecified atom stereocenters. The van der Waals surface area contributed by atoms with Crippen molar-refractivity contribution in [3.63, 3.8) is 0 Å². The van der Waals surface area contributed by atoms with Crippen LogP contribution < -0.4 is 4.74 Å². The molecule has 0 radical (unpaired) electrons. The first-order valence-electron chi connectivity index (χ1n) is 7.33. The van der Waals surface area contributed by atoms with Crippen LogP contribution >= 0.6 is 11.8 Å². The zero-order valence-corrected chi connectivity index (χ0v) is 13.4. The molecule has 0 saturated heterocycles. The van der Waals surface area contributed by atoms with Crippen molar-refractivity contribution >= 4 is 11.8 Å². The minimum absolute atomic E-state index is 0.923. The maximum atomic E-state index is 6.22. The summed E-state index contributed by atoms with van der Waals surface area (Å²) in [5.41, 5.74) is 6.13. The highest BCUT2D eigenvalue weighted by Crippen LogP contribution is 2.49. The van der Waals surface area contributed by atoms with E-state index in [4.69, 9.17) is 4.74 Å². The van der Waals surface area contributed by atoms with Crippen LogP contribution in [0.25, 0.3) is 22.3 Å². The molecule has 1 aliphatic heterocycles. The van der Waals surface area contributed by atoms with Gasteiger partial charge in [-0.15, -0.1) is 11.8 Å². The fraction of sp³-hybridized carbons (Fsp3) is 0.100. The van der Waals surface area contributed by atoms with Crippen LogP contribution in [0.2, 0.25) is 0 Å². The first-order chi connectivity index (χ1) is 10.8. The van der Waals surface area contributed by atoms with Gasteiger partial charge in [-0.3, -0.25) is 0 Å². The van der Waals surface area contributed by atoms with E-state index in [0.29, 0.717) is 0 Å². The quantitative estimate of drug-likeness (QED) is 0.390. The highest BCUT2D eigenvalue weighted by atomic mass is 32.2. The second-order valence-electron chi connectivity index (χ2n) is 5.48. The van der Waals surface area contributed by atoms with Gasteiger partial charge in [-0.05, 0) is 42.5 Å². The van der Waals surface area contributed by atoms with E-state index < -0.39 is 0 Å². The number of para-hydroxylation sites is 2. The Labute approximate surface area is 135 Å². The predicted octanol–water partition coefficient (Wildman–Crippen LogP) is 6.16. The topological polar surface area (TPSA) is 9.23 Å². The summed E-state index contributed by atoms with van der Waals surface area (Å²) in [6.07, 6.45) is 2.13. The van der Waals surface area contributed by atoms with Crippen LogP contribution in [-0.4, -0.2) is 6.26 Å². The van der Waals surface area contributed by atoms with Gasteiger partial charge in [0.15, 0.2) is 0 Å². The van der Waals surface area contributed by atoms with Gasteiger partial charge in [0.05, 0.1) is 0 Å². The molecule has 1 heterocycles. The van der Waals surface area contributed by atoms with Crippen LogP contribution in [-0.2, 0) is 0 Å². The van der Waals surface area contributed by atoms with E-state index in [-0.39, 0.29) is 0 Å². The standard InChI is InChI=1S/C20H16OS/c1-13-11-16-14-7-3-5-9-17(14)21-18-10-6-4-8-15(18)20(16)19(12-13)22-2/h3-12H,1-2H3. The molecule has 2 heteroatoms. The van der Waals surface area contributed by atoms with Crippen LogP contribution in [0.1, 0.15) is 5.56 Å². The Morgan fingerprint density at radius 2 is 1.41 bits per heavy atom. The largest absolute Gasteiger partial charge is 0.456 e. The van der Waals surface area contributed by atoms with Crippen LogP contribution in [0.4, 0.5) is 0 Å². The summed E-state index contributed by atoms with van der Waals surface area (Å²) in [7, 11) is 0. The number of thioether (sulfide) groups is 1. The number of ether oxygens (including phenoxy) is 1. The molecule has 1 nitrogen and oxygen atoms in total. The third kappa shape index (κ3) is 2.03. The average molecular weight is 304 g/mol. The number of rotatable bonds is 1. The van der Waals surface area contributed by atoms with Crippen LogP contribution in [0.3, 0.4) is 0 Å². The van der Waals surface area contributed by atoms with E-state index in [1.165, 1.54) is 21.6 Å². The Kier molecular flexibility index (Phi) is 3.20. The minimum atomic E-state index is 0.923. The van der Waals surface area contributed by atoms with E-state index in [1.807, 2.05) is 24.3 Å². The van der Waals surface area contributed by atoms with Crippen LogP contribution in [0.15, 0.2) is 65.6 Å². The molecule has 108 valence electrons. The maximum Gasteiger partial charge on any atom is 0.135 e. The Bertz CT molecular complexity index is 867. The summed E-state index contributed by atoms with van der Waals surface area (Å²) in [6, 6.07) is 21.1. The molecule has 0 N–H and O–H groups in total. The first-order valence-corrected chi connectivity index (χ1v) is 8.55. The monoisotopic (exact) mass is 304 g/mol. The number of benzene rings is 3. The van der Waals surface area contributed by atoms with Crippen molar-refractivity contribution in [1.82, 2.24) is 0 Å². The third-order valence-electron chi connectivity index (χ3n) is 4.02. The van der Waals surface area contributed by atoms with Crippen molar-refractivity contribution in [2.24, 2.45) is 0 Å². The summed E-state index contributed by atoms with van der Waals surface area (Å²) in [4.78, 5) is 1.29. The molecule has 0 bridgehead atoms. The van der Waals surface area contributed by atoms with E-state index in [1.54, 1.807) is 11.8 Å². The molecule has 0 aromatic heterocycles. The van der Waals surface area contributed by atoms with E-state index >= 15 is 0 Å². The molecule has 22 heavy (non-hydrogen) atoms. The van der Waals surface area contributed by atoms with Gasteiger partial charge in [-0.25, -0.2) is 0 Å². The lowest BCUT2D eigenvalue weighted by molar-refractivity contribution is 0.487. The van der Waals surface area contributed by atoms with Crippen molar-refractivity contribution in [1.29, 1.82) is 0 Å². The lowest BCUT2D eigenvalue weighted by Crippen LogP contribution is -1.89. The number of hydrogen-bond donors (Lipinski definition) is 0. The van der Waals surface area contributed by atoms with Gasteiger partial charge in [0, 0.05) is 21.6 Å². The zero-order chi connectivity index (χ0) is 15.1. The summed E-state index contributed by atoms with van der Waals surface area (Å²) in [5.74, 6) is 1.85. The highest BCUT2D eigenvalue weighted by Gasteiger charge is 2.22. The number of fused-ring (bicyclic) bond motifs is 5. The molecule has 0 atom stereocenters. The molecule has 0 amide bonds. The Morgan fingerprint density at radius 3 is 2.14 bits per heavy atom. The summed E-state index contributed by atoms with van der Waals surface area (Å²) in [6.45, 7) is 2.15. The normalized spacial score (nSPS) is 11.7. The van der Waals surface area contributed by atoms with Crippen molar-refractivity contribution in [3.8, 4) is 33.8 Å². The molecule has 4 rings (SSSR count). The molecule has 1 aliphatic rings. The molecular weight excluding hydrogens is 288 g/mol. The lowest BCUT2D eigenvalue weighted by atomic mass is 9.93. The second-order valence-corrected chi connectivity index (χ2v) is 6.33. The Morgan fingerprint density at radius 1 is 0.773 bits per heavy atom. The van der Waals surface area contributed by atoms with Gasteiger partial charge < -0.3 is 4.74 Å². The first kappa shape index (κ1) is 13.5. The smallest absolute Gasteiger partial charge is 0.135 e. The maximum absolute atomic E-state index is 6.22. The van der Waals surface area contributed by atoms with Crippen molar-refractivity contribution in [2.45, 2.75) is 11.8 Å². The van der Waals surface area contributed by atoms with Gasteiger partial charge in [0.25, 0.3) is 0 Å². The van der Waals surface area contributed by atoms with Gasteiger partial charge in [0.1, 0.15) is 11.5 Å². The van der Waals surface area contributed by atoms with Gasteiger partial charge >= 0.3 is 0 Å². The highest BCUT2D eigenvalue weighted by molar-refractivity contribution is 7.98. The number of aryl methyl sites for hydroxylation is 1. The van der Waals surface area contributed by atoms with Gasteiger partial charge in [0.2, 0.25) is 0 Å². The molecule has 3 aromatic carbocycles.